The zero-order chi connectivity index (χ0) is 10.3. The van der Waals surface area contributed by atoms with Crippen LogP contribution in [0.3, 0.4) is 0 Å². The molecule has 1 aromatic rings. The monoisotopic (exact) mass is 196 g/mol. The first-order valence-electron chi connectivity index (χ1n) is 4.48. The van der Waals surface area contributed by atoms with Crippen LogP contribution in [-0.4, -0.2) is 15.7 Å². The molecular weight excluding hydrogens is 184 g/mol. The molecule has 0 N–H and O–H groups in total. The maximum atomic E-state index is 11.7. The Morgan fingerprint density at radius 1 is 1.21 bits per heavy atom. The third kappa shape index (κ3) is 1.13. The first-order valence-corrected chi connectivity index (χ1v) is 4.48. The lowest BCUT2D eigenvalue weighted by atomic mass is 10.1. The number of hydrogen-bond donors (Lipinski definition) is 0. The highest BCUT2D eigenvalue weighted by molar-refractivity contribution is 5.19. The first kappa shape index (κ1) is 9.21. The Labute approximate surface area is 80.5 Å². The topological polar surface area (TPSA) is 53.2 Å². The average Bonchev–Trinajstić information content (AvgIpc) is 2.23. The molecule has 1 aliphatic heterocycles. The molecule has 0 radical (unpaired) electrons. The Bertz CT molecular complexity index is 484. The summed E-state index contributed by atoms with van der Waals surface area (Å²) in [6.45, 7) is 0.914. The standard InChI is InChI=1S/C9H12N2O3/c1-10-7-5-14-4-3-6(7)8(12)11(2)9(10)13/h3-5H2,1-2H3. The van der Waals surface area contributed by atoms with Crippen molar-refractivity contribution in [1.82, 2.24) is 9.13 Å². The van der Waals surface area contributed by atoms with Crippen LogP contribution in [0.2, 0.25) is 0 Å². The van der Waals surface area contributed by atoms with Crippen LogP contribution in [0.15, 0.2) is 9.59 Å². The van der Waals surface area contributed by atoms with E-state index in [1.165, 1.54) is 11.6 Å². The normalized spacial score (nSPS) is 15.3. The molecule has 0 saturated heterocycles. The highest BCUT2D eigenvalue weighted by Gasteiger charge is 2.18. The van der Waals surface area contributed by atoms with Crippen LogP contribution >= 0.6 is 0 Å². The summed E-state index contributed by atoms with van der Waals surface area (Å²) in [5, 5.41) is 0. The fourth-order valence-electron chi connectivity index (χ4n) is 1.73. The van der Waals surface area contributed by atoms with Crippen molar-refractivity contribution in [2.24, 2.45) is 14.1 Å². The molecule has 0 amide bonds. The molecule has 1 aromatic heterocycles. The Hall–Kier alpha value is -1.36. The van der Waals surface area contributed by atoms with Gasteiger partial charge < -0.3 is 4.74 Å². The van der Waals surface area contributed by atoms with Crippen molar-refractivity contribution in [2.75, 3.05) is 6.61 Å². The SMILES string of the molecule is Cn1c2c(c(=O)n(C)c1=O)CCOC2. The summed E-state index contributed by atoms with van der Waals surface area (Å²) in [6, 6.07) is 0. The quantitative estimate of drug-likeness (QED) is 0.543. The van der Waals surface area contributed by atoms with Gasteiger partial charge in [-0.25, -0.2) is 4.79 Å². The van der Waals surface area contributed by atoms with E-state index in [0.717, 1.165) is 4.57 Å². The number of hydrogen-bond acceptors (Lipinski definition) is 3. The van der Waals surface area contributed by atoms with Gasteiger partial charge >= 0.3 is 5.69 Å². The van der Waals surface area contributed by atoms with Gasteiger partial charge in [0.05, 0.1) is 18.9 Å². The van der Waals surface area contributed by atoms with Gasteiger partial charge in [0, 0.05) is 26.1 Å². The predicted molar refractivity (Wildman–Crippen MR) is 50.3 cm³/mol. The van der Waals surface area contributed by atoms with Gasteiger partial charge in [0.2, 0.25) is 0 Å². The molecule has 0 unspecified atom stereocenters. The molecule has 1 aliphatic rings. The van der Waals surface area contributed by atoms with Gasteiger partial charge in [-0.05, 0) is 0 Å². The van der Waals surface area contributed by atoms with E-state index in [-0.39, 0.29) is 11.2 Å². The van der Waals surface area contributed by atoms with E-state index >= 15 is 0 Å². The molecule has 5 heteroatoms. The lowest BCUT2D eigenvalue weighted by Crippen LogP contribution is -2.42. The van der Waals surface area contributed by atoms with Gasteiger partial charge in [-0.3, -0.25) is 13.9 Å². The molecule has 5 nitrogen and oxygen atoms in total. The van der Waals surface area contributed by atoms with Gasteiger partial charge in [-0.2, -0.15) is 0 Å². The molecule has 0 bridgehead atoms. The second kappa shape index (κ2) is 3.09. The van der Waals surface area contributed by atoms with Crippen LogP contribution in [0, 0.1) is 0 Å². The van der Waals surface area contributed by atoms with Crippen molar-refractivity contribution < 1.29 is 4.74 Å². The summed E-state index contributed by atoms with van der Waals surface area (Å²) >= 11 is 0. The number of ether oxygens (including phenoxy) is 1. The van der Waals surface area contributed by atoms with Crippen molar-refractivity contribution in [3.05, 3.63) is 32.1 Å². The van der Waals surface area contributed by atoms with Gasteiger partial charge in [0.1, 0.15) is 0 Å². The molecule has 0 spiro atoms. The number of rotatable bonds is 0. The van der Waals surface area contributed by atoms with Crippen LogP contribution in [0.5, 0.6) is 0 Å². The molecule has 76 valence electrons. The van der Waals surface area contributed by atoms with E-state index in [4.69, 9.17) is 4.74 Å². The van der Waals surface area contributed by atoms with E-state index in [1.807, 2.05) is 0 Å². The minimum absolute atomic E-state index is 0.189. The van der Waals surface area contributed by atoms with E-state index in [9.17, 15) is 9.59 Å². The lowest BCUT2D eigenvalue weighted by Gasteiger charge is -2.19. The minimum atomic E-state index is -0.292. The average molecular weight is 196 g/mol. The largest absolute Gasteiger partial charge is 0.375 e. The van der Waals surface area contributed by atoms with Gasteiger partial charge in [-0.1, -0.05) is 0 Å². The highest BCUT2D eigenvalue weighted by atomic mass is 16.5. The molecule has 14 heavy (non-hydrogen) atoms. The molecule has 2 rings (SSSR count). The van der Waals surface area contributed by atoms with E-state index in [2.05, 4.69) is 0 Å². The van der Waals surface area contributed by atoms with Crippen LogP contribution < -0.4 is 11.2 Å². The second-order valence-electron chi connectivity index (χ2n) is 3.43. The maximum absolute atomic E-state index is 11.7. The number of fused-ring (bicyclic) bond motifs is 1. The summed E-state index contributed by atoms with van der Waals surface area (Å²) in [7, 11) is 3.16. The van der Waals surface area contributed by atoms with Crippen LogP contribution in [0.25, 0.3) is 0 Å². The summed E-state index contributed by atoms with van der Waals surface area (Å²) in [5.41, 5.74) is 0.941. The number of nitrogens with zero attached hydrogens (tertiary/aromatic N) is 2. The van der Waals surface area contributed by atoms with Crippen molar-refractivity contribution in [3.8, 4) is 0 Å². The summed E-state index contributed by atoms with van der Waals surface area (Å²) < 4.78 is 7.84. The third-order valence-corrected chi connectivity index (χ3v) is 2.63. The Morgan fingerprint density at radius 3 is 2.64 bits per heavy atom. The molecular formula is C9H12N2O3. The Balaban J connectivity index is 2.85. The van der Waals surface area contributed by atoms with E-state index in [0.29, 0.717) is 30.9 Å². The summed E-state index contributed by atoms with van der Waals surface area (Å²) in [6.07, 6.45) is 0.593. The highest BCUT2D eigenvalue weighted by Crippen LogP contribution is 2.09. The molecule has 0 fully saturated rings. The van der Waals surface area contributed by atoms with Crippen molar-refractivity contribution in [2.45, 2.75) is 13.0 Å². The first-order chi connectivity index (χ1) is 6.63. The van der Waals surface area contributed by atoms with Crippen LogP contribution in [-0.2, 0) is 31.9 Å². The van der Waals surface area contributed by atoms with Crippen LogP contribution in [0.1, 0.15) is 11.3 Å². The Kier molecular flexibility index (Phi) is 2.03. The molecule has 2 heterocycles. The molecule has 0 saturated carbocycles. The summed E-state index contributed by atoms with van der Waals surface area (Å²) in [5.74, 6) is 0. The minimum Gasteiger partial charge on any atom is -0.375 e. The lowest BCUT2D eigenvalue weighted by molar-refractivity contribution is 0.103. The fourth-order valence-corrected chi connectivity index (χ4v) is 1.73. The maximum Gasteiger partial charge on any atom is 0.330 e. The van der Waals surface area contributed by atoms with Crippen molar-refractivity contribution in [1.29, 1.82) is 0 Å². The van der Waals surface area contributed by atoms with Crippen LogP contribution in [0.4, 0.5) is 0 Å². The molecule has 0 atom stereocenters. The third-order valence-electron chi connectivity index (χ3n) is 2.63. The van der Waals surface area contributed by atoms with E-state index < -0.39 is 0 Å². The number of aromatic nitrogens is 2. The van der Waals surface area contributed by atoms with Gasteiger partial charge in [-0.15, -0.1) is 0 Å². The zero-order valence-corrected chi connectivity index (χ0v) is 8.24. The fraction of sp³-hybridized carbons (Fsp3) is 0.556. The van der Waals surface area contributed by atoms with Gasteiger partial charge in [0.15, 0.2) is 0 Å². The molecule has 0 aromatic carbocycles. The zero-order valence-electron chi connectivity index (χ0n) is 8.24. The summed E-state index contributed by atoms with van der Waals surface area (Å²) in [4.78, 5) is 23.2. The van der Waals surface area contributed by atoms with Gasteiger partial charge in [0.25, 0.3) is 5.56 Å². The second-order valence-corrected chi connectivity index (χ2v) is 3.43. The predicted octanol–water partition coefficient (Wildman–Crippen LogP) is -0.843. The Morgan fingerprint density at radius 2 is 1.93 bits per heavy atom. The van der Waals surface area contributed by atoms with Crippen molar-refractivity contribution >= 4 is 0 Å². The smallest absolute Gasteiger partial charge is 0.330 e. The van der Waals surface area contributed by atoms with Crippen molar-refractivity contribution in [3.63, 3.8) is 0 Å². The van der Waals surface area contributed by atoms with E-state index in [1.54, 1.807) is 7.05 Å². The molecule has 0 aliphatic carbocycles.